The lowest BCUT2D eigenvalue weighted by molar-refractivity contribution is -0.144. The van der Waals surface area contributed by atoms with Crippen LogP contribution in [0.4, 0.5) is 0 Å². The average Bonchev–Trinajstić information content (AvgIpc) is 2.73. The first kappa shape index (κ1) is 23.8. The van der Waals surface area contributed by atoms with Gasteiger partial charge in [0.1, 0.15) is 0 Å². The predicted molar refractivity (Wildman–Crippen MR) is 118 cm³/mol. The maximum absolute atomic E-state index is 12.1. The first-order valence-electron chi connectivity index (χ1n) is 10.1. The Hall–Kier alpha value is -3.45. The van der Waals surface area contributed by atoms with Gasteiger partial charge in [-0.2, -0.15) is 0 Å². The molecule has 0 saturated heterocycles. The van der Waals surface area contributed by atoms with Gasteiger partial charge in [0.25, 0.3) is 0 Å². The van der Waals surface area contributed by atoms with Crippen LogP contribution >= 0.6 is 0 Å². The van der Waals surface area contributed by atoms with Gasteiger partial charge < -0.3 is 15.2 Å². The number of carbonyl (C=O) groups excluding carboxylic acids is 3. The molecule has 0 aliphatic carbocycles. The summed E-state index contributed by atoms with van der Waals surface area (Å²) < 4.78 is 10.00. The zero-order valence-corrected chi connectivity index (χ0v) is 17.9. The third kappa shape index (κ3) is 8.44. The van der Waals surface area contributed by atoms with E-state index >= 15 is 0 Å². The smallest absolute Gasteiger partial charge is 0.330 e. The third-order valence-electron chi connectivity index (χ3n) is 4.31. The fourth-order valence-electron chi connectivity index (χ4n) is 3.06. The maximum atomic E-state index is 12.1. The highest BCUT2D eigenvalue weighted by atomic mass is 16.5. The molecule has 1 amide bonds. The Balaban J connectivity index is 2.29. The number of primary amides is 1. The molecule has 0 radical (unpaired) electrons. The molecule has 2 N–H and O–H groups in total. The number of hydrogen-bond donors (Lipinski definition) is 1. The largest absolute Gasteiger partial charge is 0.465 e. The molecule has 0 atom stereocenters. The van der Waals surface area contributed by atoms with Crippen molar-refractivity contribution in [3.63, 3.8) is 0 Å². The zero-order valence-electron chi connectivity index (χ0n) is 17.9. The number of amides is 1. The molecule has 2 aromatic rings. The summed E-state index contributed by atoms with van der Waals surface area (Å²) in [6.45, 7) is 5.07. The highest BCUT2D eigenvalue weighted by Gasteiger charge is 2.14. The molecule has 0 spiro atoms. The first-order valence-corrected chi connectivity index (χ1v) is 10.1. The second-order valence-electron chi connectivity index (χ2n) is 6.85. The van der Waals surface area contributed by atoms with Crippen LogP contribution in [-0.2, 0) is 32.2 Å². The molecule has 2 aromatic carbocycles. The maximum Gasteiger partial charge on any atom is 0.330 e. The van der Waals surface area contributed by atoms with E-state index in [1.807, 2.05) is 41.3 Å². The van der Waals surface area contributed by atoms with Crippen molar-refractivity contribution in [1.82, 2.24) is 4.90 Å². The molecule has 0 bridgehead atoms. The Kier molecular flexibility index (Phi) is 9.45. The van der Waals surface area contributed by atoms with Crippen LogP contribution in [0.2, 0.25) is 0 Å². The minimum absolute atomic E-state index is 0.0948. The Bertz CT molecular complexity index is 925. The second-order valence-corrected chi connectivity index (χ2v) is 6.85. The number of rotatable bonds is 11. The molecule has 0 aromatic heterocycles. The van der Waals surface area contributed by atoms with E-state index in [0.717, 1.165) is 11.1 Å². The predicted octanol–water partition coefficient (Wildman–Crippen LogP) is 2.93. The number of carbonyl (C=O) groups is 3. The second kappa shape index (κ2) is 12.3. The molecular weight excluding hydrogens is 396 g/mol. The lowest BCUT2D eigenvalue weighted by Crippen LogP contribution is -2.30. The van der Waals surface area contributed by atoms with Gasteiger partial charge in [-0.1, -0.05) is 36.4 Å². The Morgan fingerprint density at radius 3 is 2.26 bits per heavy atom. The van der Waals surface area contributed by atoms with Crippen molar-refractivity contribution >= 4 is 23.9 Å². The van der Waals surface area contributed by atoms with Crippen LogP contribution < -0.4 is 5.73 Å². The standard InChI is InChI=1S/C24H28N2O5/c1-3-30-22(27)11-10-19-12-20(14-21(13-19)24(25)29)16-26(17-23(28)31-4-2)15-18-8-6-5-7-9-18/h5-14H,3-4,15-17H2,1-2H3,(H2,25,29)/b11-10+. The van der Waals surface area contributed by atoms with E-state index in [4.69, 9.17) is 15.2 Å². The van der Waals surface area contributed by atoms with Gasteiger partial charge in [-0.25, -0.2) is 4.79 Å². The quantitative estimate of drug-likeness (QED) is 0.440. The number of nitrogens with zero attached hydrogens (tertiary/aromatic N) is 1. The summed E-state index contributed by atoms with van der Waals surface area (Å²) in [6, 6.07) is 14.9. The molecule has 0 aliphatic rings. The topological polar surface area (TPSA) is 98.9 Å². The molecule has 0 unspecified atom stereocenters. The van der Waals surface area contributed by atoms with Gasteiger partial charge in [-0.15, -0.1) is 0 Å². The summed E-state index contributed by atoms with van der Waals surface area (Å²) in [6.07, 6.45) is 2.87. The number of esters is 2. The highest BCUT2D eigenvalue weighted by molar-refractivity contribution is 5.94. The van der Waals surface area contributed by atoms with E-state index < -0.39 is 11.9 Å². The van der Waals surface area contributed by atoms with E-state index in [0.29, 0.717) is 30.8 Å². The van der Waals surface area contributed by atoms with E-state index in [1.165, 1.54) is 6.08 Å². The first-order chi connectivity index (χ1) is 14.9. The molecule has 7 nitrogen and oxygen atoms in total. The van der Waals surface area contributed by atoms with Crippen LogP contribution in [0.1, 0.15) is 40.9 Å². The normalized spacial score (nSPS) is 10.9. The Labute approximate surface area is 182 Å². The summed E-state index contributed by atoms with van der Waals surface area (Å²) in [4.78, 5) is 37.5. The van der Waals surface area contributed by atoms with Crippen molar-refractivity contribution in [1.29, 1.82) is 0 Å². The number of hydrogen-bond acceptors (Lipinski definition) is 6. The summed E-state index contributed by atoms with van der Waals surface area (Å²) in [5.74, 6) is -1.37. The van der Waals surface area contributed by atoms with Crippen LogP contribution in [0.25, 0.3) is 6.08 Å². The van der Waals surface area contributed by atoms with Gasteiger partial charge in [-0.3, -0.25) is 14.5 Å². The molecule has 31 heavy (non-hydrogen) atoms. The summed E-state index contributed by atoms with van der Waals surface area (Å²) in [5, 5.41) is 0. The van der Waals surface area contributed by atoms with Gasteiger partial charge in [0, 0.05) is 24.7 Å². The Morgan fingerprint density at radius 1 is 0.935 bits per heavy atom. The SMILES string of the molecule is CCOC(=O)/C=C/c1cc(CN(CC(=O)OCC)Cc2ccccc2)cc(C(N)=O)c1. The molecule has 164 valence electrons. The number of ether oxygens (including phenoxy) is 2. The monoisotopic (exact) mass is 424 g/mol. The molecule has 7 heteroatoms. The third-order valence-corrected chi connectivity index (χ3v) is 4.31. The van der Waals surface area contributed by atoms with Crippen molar-refractivity contribution in [2.24, 2.45) is 5.73 Å². The Morgan fingerprint density at radius 2 is 1.61 bits per heavy atom. The molecular formula is C24H28N2O5. The van der Waals surface area contributed by atoms with Gasteiger partial charge in [0.05, 0.1) is 19.8 Å². The van der Waals surface area contributed by atoms with Crippen LogP contribution in [0, 0.1) is 0 Å². The van der Waals surface area contributed by atoms with Crippen molar-refractivity contribution in [2.75, 3.05) is 19.8 Å². The van der Waals surface area contributed by atoms with Gasteiger partial charge in [0.15, 0.2) is 0 Å². The molecule has 0 aliphatic heterocycles. The van der Waals surface area contributed by atoms with E-state index in [1.54, 1.807) is 32.1 Å². The molecule has 2 rings (SSSR count). The fourth-order valence-corrected chi connectivity index (χ4v) is 3.06. The van der Waals surface area contributed by atoms with Crippen molar-refractivity contribution in [3.05, 3.63) is 76.9 Å². The fraction of sp³-hybridized carbons (Fsp3) is 0.292. The van der Waals surface area contributed by atoms with Crippen molar-refractivity contribution in [3.8, 4) is 0 Å². The molecule has 0 saturated carbocycles. The van der Waals surface area contributed by atoms with Gasteiger partial charge in [-0.05, 0) is 48.7 Å². The lowest BCUT2D eigenvalue weighted by atomic mass is 10.0. The van der Waals surface area contributed by atoms with Crippen LogP contribution in [0.5, 0.6) is 0 Å². The minimum atomic E-state index is -0.576. The van der Waals surface area contributed by atoms with E-state index in [2.05, 4.69) is 0 Å². The van der Waals surface area contributed by atoms with Crippen molar-refractivity contribution < 1.29 is 23.9 Å². The summed E-state index contributed by atoms with van der Waals surface area (Å²) in [5.41, 5.74) is 8.26. The van der Waals surface area contributed by atoms with Crippen molar-refractivity contribution in [2.45, 2.75) is 26.9 Å². The van der Waals surface area contributed by atoms with E-state index in [9.17, 15) is 14.4 Å². The number of nitrogens with two attached hydrogens (primary N) is 1. The highest BCUT2D eigenvalue weighted by Crippen LogP contribution is 2.16. The molecule has 0 fully saturated rings. The summed E-state index contributed by atoms with van der Waals surface area (Å²) in [7, 11) is 0. The van der Waals surface area contributed by atoms with Gasteiger partial charge in [0.2, 0.25) is 5.91 Å². The van der Waals surface area contributed by atoms with E-state index in [-0.39, 0.29) is 19.1 Å². The van der Waals surface area contributed by atoms with Crippen LogP contribution in [-0.4, -0.2) is 42.5 Å². The number of benzene rings is 2. The molecule has 0 heterocycles. The minimum Gasteiger partial charge on any atom is -0.465 e. The lowest BCUT2D eigenvalue weighted by Gasteiger charge is -2.22. The zero-order chi connectivity index (χ0) is 22.6. The van der Waals surface area contributed by atoms with Gasteiger partial charge >= 0.3 is 11.9 Å². The van der Waals surface area contributed by atoms with Crippen LogP contribution in [0.3, 0.4) is 0 Å². The van der Waals surface area contributed by atoms with Crippen LogP contribution in [0.15, 0.2) is 54.6 Å². The average molecular weight is 424 g/mol. The summed E-state index contributed by atoms with van der Waals surface area (Å²) >= 11 is 0.